The van der Waals surface area contributed by atoms with Gasteiger partial charge in [0.15, 0.2) is 6.10 Å². The van der Waals surface area contributed by atoms with Crippen LogP contribution in [0.25, 0.3) is 10.9 Å². The molecule has 90 valence electrons. The Bertz CT molecular complexity index is 655. The fourth-order valence-corrected chi connectivity index (χ4v) is 3.14. The number of nitrogens with one attached hydrogen (secondary N) is 1. The summed E-state index contributed by atoms with van der Waals surface area (Å²) in [6.07, 6.45) is 1.44. The van der Waals surface area contributed by atoms with Crippen LogP contribution < -0.4 is 0 Å². The highest BCUT2D eigenvalue weighted by atomic mass is 16.7. The quantitative estimate of drug-likeness (QED) is 0.767. The van der Waals surface area contributed by atoms with Crippen LogP contribution in [0.15, 0.2) is 24.3 Å². The molecular weight excluding hydrogens is 226 g/mol. The normalized spacial score (nSPS) is 26.8. The van der Waals surface area contributed by atoms with Crippen molar-refractivity contribution in [2.75, 3.05) is 6.54 Å². The van der Waals surface area contributed by atoms with Gasteiger partial charge in [0.05, 0.1) is 12.1 Å². The van der Waals surface area contributed by atoms with Crippen molar-refractivity contribution in [2.45, 2.75) is 25.0 Å². The van der Waals surface area contributed by atoms with E-state index in [9.17, 15) is 0 Å². The van der Waals surface area contributed by atoms with E-state index in [1.165, 1.54) is 22.2 Å². The number of H-pyrrole nitrogens is 1. The molecule has 2 atom stereocenters. The number of hydroxylamine groups is 2. The molecule has 0 saturated carbocycles. The van der Waals surface area contributed by atoms with Crippen molar-refractivity contribution in [2.24, 2.45) is 0 Å². The lowest BCUT2D eigenvalue weighted by Crippen LogP contribution is -2.30. The van der Waals surface area contributed by atoms with Crippen LogP contribution in [0, 0.1) is 11.3 Å². The maximum Gasteiger partial charge on any atom is 0.167 e. The van der Waals surface area contributed by atoms with Gasteiger partial charge in [-0.1, -0.05) is 18.2 Å². The van der Waals surface area contributed by atoms with E-state index in [-0.39, 0.29) is 12.1 Å². The molecular formula is C14H13N3O. The maximum atomic E-state index is 8.99. The van der Waals surface area contributed by atoms with E-state index in [2.05, 4.69) is 29.3 Å². The van der Waals surface area contributed by atoms with E-state index in [0.29, 0.717) is 0 Å². The number of benzene rings is 1. The molecule has 4 nitrogen and oxygen atoms in total. The van der Waals surface area contributed by atoms with Crippen LogP contribution in [0.3, 0.4) is 0 Å². The van der Waals surface area contributed by atoms with Gasteiger partial charge in [-0.2, -0.15) is 10.3 Å². The van der Waals surface area contributed by atoms with Crippen molar-refractivity contribution in [1.82, 2.24) is 10.0 Å². The first-order chi connectivity index (χ1) is 8.86. The number of aromatic nitrogens is 1. The first kappa shape index (κ1) is 10.1. The molecule has 2 aliphatic heterocycles. The molecule has 2 aliphatic rings. The molecule has 0 unspecified atom stereocenters. The van der Waals surface area contributed by atoms with Crippen molar-refractivity contribution in [1.29, 1.82) is 5.26 Å². The van der Waals surface area contributed by atoms with Gasteiger partial charge in [0.25, 0.3) is 0 Å². The zero-order valence-electron chi connectivity index (χ0n) is 9.89. The third-order valence-corrected chi connectivity index (χ3v) is 3.95. The number of fused-ring (bicyclic) bond motifs is 5. The van der Waals surface area contributed by atoms with Gasteiger partial charge < -0.3 is 4.98 Å². The van der Waals surface area contributed by atoms with Crippen LogP contribution in [0.4, 0.5) is 0 Å². The molecule has 4 rings (SSSR count). The Morgan fingerprint density at radius 3 is 3.17 bits per heavy atom. The number of nitriles is 1. The lowest BCUT2D eigenvalue weighted by molar-refractivity contribution is -0.153. The lowest BCUT2D eigenvalue weighted by atomic mass is 9.97. The molecule has 1 saturated heterocycles. The second kappa shape index (κ2) is 3.58. The molecule has 4 heteroatoms. The molecule has 0 radical (unpaired) electrons. The zero-order valence-corrected chi connectivity index (χ0v) is 9.89. The molecule has 18 heavy (non-hydrogen) atoms. The van der Waals surface area contributed by atoms with E-state index < -0.39 is 0 Å². The Labute approximate surface area is 105 Å². The summed E-state index contributed by atoms with van der Waals surface area (Å²) in [5, 5.41) is 12.3. The Morgan fingerprint density at radius 1 is 1.39 bits per heavy atom. The van der Waals surface area contributed by atoms with Crippen LogP contribution >= 0.6 is 0 Å². The maximum absolute atomic E-state index is 8.99. The first-order valence-corrected chi connectivity index (χ1v) is 6.29. The highest BCUT2D eigenvalue weighted by molar-refractivity contribution is 5.85. The van der Waals surface area contributed by atoms with Crippen molar-refractivity contribution >= 4 is 10.9 Å². The number of hydrogen-bond acceptors (Lipinski definition) is 3. The summed E-state index contributed by atoms with van der Waals surface area (Å²) in [7, 11) is 0. The smallest absolute Gasteiger partial charge is 0.167 e. The van der Waals surface area contributed by atoms with Gasteiger partial charge in [0.1, 0.15) is 0 Å². The van der Waals surface area contributed by atoms with Crippen LogP contribution in [0.2, 0.25) is 0 Å². The number of hydrogen-bond donors (Lipinski definition) is 1. The molecule has 1 aromatic carbocycles. The molecule has 2 aromatic rings. The molecule has 0 bridgehead atoms. The third-order valence-electron chi connectivity index (χ3n) is 3.95. The molecule has 1 aromatic heterocycles. The highest BCUT2D eigenvalue weighted by Crippen LogP contribution is 2.41. The van der Waals surface area contributed by atoms with Gasteiger partial charge in [-0.3, -0.25) is 4.84 Å². The van der Waals surface area contributed by atoms with E-state index in [4.69, 9.17) is 10.1 Å². The van der Waals surface area contributed by atoms with Crippen LogP contribution in [0.1, 0.15) is 23.7 Å². The zero-order chi connectivity index (χ0) is 12.1. The Kier molecular flexibility index (Phi) is 2.01. The van der Waals surface area contributed by atoms with E-state index in [0.717, 1.165) is 19.4 Å². The summed E-state index contributed by atoms with van der Waals surface area (Å²) < 4.78 is 0. The summed E-state index contributed by atoms with van der Waals surface area (Å²) in [5.74, 6) is 0. The molecule has 0 amide bonds. The fourth-order valence-electron chi connectivity index (χ4n) is 3.14. The fraction of sp³-hybridized carbons (Fsp3) is 0.357. The van der Waals surface area contributed by atoms with Gasteiger partial charge in [-0.25, -0.2) is 0 Å². The minimum Gasteiger partial charge on any atom is -0.357 e. The average molecular weight is 239 g/mol. The molecule has 3 heterocycles. The van der Waals surface area contributed by atoms with Gasteiger partial charge >= 0.3 is 0 Å². The van der Waals surface area contributed by atoms with Crippen LogP contribution in [0.5, 0.6) is 0 Å². The van der Waals surface area contributed by atoms with Gasteiger partial charge in [0, 0.05) is 29.6 Å². The predicted octanol–water partition coefficient (Wildman–Crippen LogP) is 2.29. The van der Waals surface area contributed by atoms with Gasteiger partial charge in [-0.15, -0.1) is 0 Å². The SMILES string of the molecule is N#C[C@H]1C[C@@H]2c3[nH]c4ccccc4c3CCN2O1. The summed E-state index contributed by atoms with van der Waals surface area (Å²) in [6, 6.07) is 10.8. The lowest BCUT2D eigenvalue weighted by Gasteiger charge is -2.27. The van der Waals surface area contributed by atoms with E-state index >= 15 is 0 Å². The summed E-state index contributed by atoms with van der Waals surface area (Å²) in [4.78, 5) is 9.12. The van der Waals surface area contributed by atoms with Crippen molar-refractivity contribution in [3.63, 3.8) is 0 Å². The minimum atomic E-state index is -0.299. The van der Waals surface area contributed by atoms with Crippen molar-refractivity contribution < 1.29 is 4.84 Å². The second-order valence-electron chi connectivity index (χ2n) is 4.93. The summed E-state index contributed by atoms with van der Waals surface area (Å²) >= 11 is 0. The van der Waals surface area contributed by atoms with Crippen molar-refractivity contribution in [3.8, 4) is 6.07 Å². The Hall–Kier alpha value is -1.83. The standard InChI is InChI=1S/C14H13N3O/c15-8-9-7-13-14-11(5-6-17(13)18-9)10-3-1-2-4-12(10)16-14/h1-4,9,13,16H,5-7H2/t9-,13-/m1/s1. The molecule has 0 spiro atoms. The van der Waals surface area contributed by atoms with Crippen molar-refractivity contribution in [3.05, 3.63) is 35.5 Å². The highest BCUT2D eigenvalue weighted by Gasteiger charge is 2.39. The average Bonchev–Trinajstić information content (AvgIpc) is 2.98. The van der Waals surface area contributed by atoms with Crippen LogP contribution in [-0.4, -0.2) is 22.7 Å². The predicted molar refractivity (Wildman–Crippen MR) is 66.6 cm³/mol. The van der Waals surface area contributed by atoms with Gasteiger partial charge in [-0.05, 0) is 18.1 Å². The second-order valence-corrected chi connectivity index (χ2v) is 4.93. The number of aromatic amines is 1. The summed E-state index contributed by atoms with van der Waals surface area (Å²) in [5.41, 5.74) is 3.82. The van der Waals surface area contributed by atoms with E-state index in [1.807, 2.05) is 11.1 Å². The topological polar surface area (TPSA) is 52.0 Å². The first-order valence-electron chi connectivity index (χ1n) is 6.29. The molecule has 1 N–H and O–H groups in total. The number of rotatable bonds is 0. The number of para-hydroxylation sites is 1. The largest absolute Gasteiger partial charge is 0.357 e. The summed E-state index contributed by atoms with van der Waals surface area (Å²) in [6.45, 7) is 0.873. The minimum absolute atomic E-state index is 0.214. The third kappa shape index (κ3) is 1.26. The Balaban J connectivity index is 1.86. The van der Waals surface area contributed by atoms with Crippen LogP contribution in [-0.2, 0) is 11.3 Å². The monoisotopic (exact) mass is 239 g/mol. The Morgan fingerprint density at radius 2 is 2.28 bits per heavy atom. The molecule has 0 aliphatic carbocycles. The molecule has 1 fully saturated rings. The van der Waals surface area contributed by atoms with Gasteiger partial charge in [0.2, 0.25) is 0 Å². The number of nitrogens with zero attached hydrogens (tertiary/aromatic N) is 2. The van der Waals surface area contributed by atoms with E-state index in [1.54, 1.807) is 0 Å².